The molecule has 1 fully saturated rings. The minimum atomic E-state index is -0.347. The SMILES string of the molecule is COC1CCCN(C(=O)NCC(C)(C)CC(C)O)C1. The average molecular weight is 272 g/mol. The Hall–Kier alpha value is -0.810. The van der Waals surface area contributed by atoms with Crippen LogP contribution in [0.25, 0.3) is 0 Å². The lowest BCUT2D eigenvalue weighted by Crippen LogP contribution is -2.49. The monoisotopic (exact) mass is 272 g/mol. The molecule has 0 saturated carbocycles. The first-order chi connectivity index (χ1) is 8.84. The number of piperidine rings is 1. The van der Waals surface area contributed by atoms with Crippen molar-refractivity contribution in [1.29, 1.82) is 0 Å². The molecule has 1 saturated heterocycles. The maximum atomic E-state index is 12.1. The van der Waals surface area contributed by atoms with Crippen LogP contribution >= 0.6 is 0 Å². The molecule has 19 heavy (non-hydrogen) atoms. The second-order valence-electron chi connectivity index (χ2n) is 6.32. The predicted molar refractivity (Wildman–Crippen MR) is 75.1 cm³/mol. The number of carbonyl (C=O) groups is 1. The maximum absolute atomic E-state index is 12.1. The minimum Gasteiger partial charge on any atom is -0.393 e. The molecule has 0 spiro atoms. The summed E-state index contributed by atoms with van der Waals surface area (Å²) in [6.45, 7) is 7.91. The molecular formula is C14H28N2O3. The van der Waals surface area contributed by atoms with E-state index in [1.165, 1.54) is 0 Å². The summed E-state index contributed by atoms with van der Waals surface area (Å²) in [4.78, 5) is 13.9. The van der Waals surface area contributed by atoms with Crippen LogP contribution < -0.4 is 5.32 Å². The molecule has 2 amide bonds. The van der Waals surface area contributed by atoms with E-state index in [1.54, 1.807) is 14.0 Å². The lowest BCUT2D eigenvalue weighted by atomic mass is 9.87. The number of methoxy groups -OCH3 is 1. The molecule has 5 heteroatoms. The standard InChI is InChI=1S/C14H28N2O3/c1-11(17)8-14(2,3)10-15-13(18)16-7-5-6-12(9-16)19-4/h11-12,17H,5-10H2,1-4H3,(H,15,18). The Kier molecular flexibility index (Phi) is 6.07. The number of amides is 2. The van der Waals surface area contributed by atoms with E-state index in [-0.39, 0.29) is 23.7 Å². The van der Waals surface area contributed by atoms with Crippen molar-refractivity contribution in [3.63, 3.8) is 0 Å². The molecule has 2 atom stereocenters. The summed E-state index contributed by atoms with van der Waals surface area (Å²) in [7, 11) is 1.69. The van der Waals surface area contributed by atoms with Gasteiger partial charge in [0.2, 0.25) is 0 Å². The molecule has 0 radical (unpaired) electrons. The zero-order valence-electron chi connectivity index (χ0n) is 12.6. The van der Waals surface area contributed by atoms with Gasteiger partial charge in [-0.3, -0.25) is 0 Å². The third-order valence-corrected chi connectivity index (χ3v) is 3.56. The van der Waals surface area contributed by atoms with Gasteiger partial charge < -0.3 is 20.1 Å². The fraction of sp³-hybridized carbons (Fsp3) is 0.929. The Bertz CT molecular complexity index is 292. The Morgan fingerprint density at radius 2 is 2.26 bits per heavy atom. The fourth-order valence-corrected chi connectivity index (χ4v) is 2.61. The smallest absolute Gasteiger partial charge is 0.317 e. The predicted octanol–water partition coefficient (Wildman–Crippen LogP) is 1.60. The van der Waals surface area contributed by atoms with Gasteiger partial charge in [0.1, 0.15) is 0 Å². The van der Waals surface area contributed by atoms with E-state index in [4.69, 9.17) is 4.74 Å². The first-order valence-corrected chi connectivity index (χ1v) is 7.08. The van der Waals surface area contributed by atoms with Crippen LogP contribution in [0.3, 0.4) is 0 Å². The van der Waals surface area contributed by atoms with Crippen LogP contribution in [0.1, 0.15) is 40.0 Å². The van der Waals surface area contributed by atoms with Gasteiger partial charge in [0.05, 0.1) is 12.2 Å². The summed E-state index contributed by atoms with van der Waals surface area (Å²) in [6, 6.07) is -0.0274. The highest BCUT2D eigenvalue weighted by Crippen LogP contribution is 2.21. The second kappa shape index (κ2) is 7.10. The highest BCUT2D eigenvalue weighted by Gasteiger charge is 2.26. The van der Waals surface area contributed by atoms with Crippen molar-refractivity contribution in [2.24, 2.45) is 5.41 Å². The summed E-state index contributed by atoms with van der Waals surface area (Å²) in [5.74, 6) is 0. The van der Waals surface area contributed by atoms with Crippen molar-refractivity contribution >= 4 is 6.03 Å². The summed E-state index contributed by atoms with van der Waals surface area (Å²) in [5.41, 5.74) is -0.0970. The third kappa shape index (κ3) is 5.78. The van der Waals surface area contributed by atoms with Crippen molar-refractivity contribution in [1.82, 2.24) is 10.2 Å². The molecule has 0 aromatic carbocycles. The molecule has 1 rings (SSSR count). The van der Waals surface area contributed by atoms with Gasteiger partial charge in [-0.05, 0) is 31.6 Å². The normalized spacial score (nSPS) is 22.2. The van der Waals surface area contributed by atoms with E-state index in [1.807, 2.05) is 18.7 Å². The fourth-order valence-electron chi connectivity index (χ4n) is 2.61. The molecule has 2 unspecified atom stereocenters. The molecule has 1 heterocycles. The van der Waals surface area contributed by atoms with E-state index in [2.05, 4.69) is 5.32 Å². The highest BCUT2D eigenvalue weighted by molar-refractivity contribution is 5.74. The number of likely N-dealkylation sites (tertiary alicyclic amines) is 1. The Balaban J connectivity index is 2.38. The van der Waals surface area contributed by atoms with Crippen molar-refractivity contribution in [2.45, 2.75) is 52.2 Å². The Morgan fingerprint density at radius 1 is 1.58 bits per heavy atom. The van der Waals surface area contributed by atoms with Crippen molar-refractivity contribution in [3.8, 4) is 0 Å². The molecule has 5 nitrogen and oxygen atoms in total. The molecule has 0 aliphatic carbocycles. The number of nitrogens with zero attached hydrogens (tertiary/aromatic N) is 1. The molecule has 0 aromatic rings. The van der Waals surface area contributed by atoms with E-state index >= 15 is 0 Å². The van der Waals surface area contributed by atoms with Crippen LogP contribution in [0.5, 0.6) is 0 Å². The van der Waals surface area contributed by atoms with Crippen LogP contribution in [-0.2, 0) is 4.74 Å². The van der Waals surface area contributed by atoms with Gasteiger partial charge in [0.25, 0.3) is 0 Å². The first-order valence-electron chi connectivity index (χ1n) is 7.08. The van der Waals surface area contributed by atoms with Gasteiger partial charge in [-0.25, -0.2) is 4.79 Å². The number of ether oxygens (including phenoxy) is 1. The number of hydrogen-bond donors (Lipinski definition) is 2. The molecule has 112 valence electrons. The zero-order valence-corrected chi connectivity index (χ0v) is 12.6. The molecule has 1 aliphatic rings. The van der Waals surface area contributed by atoms with Crippen molar-refractivity contribution in [3.05, 3.63) is 0 Å². The lowest BCUT2D eigenvalue weighted by Gasteiger charge is -2.33. The van der Waals surface area contributed by atoms with E-state index in [9.17, 15) is 9.90 Å². The Morgan fingerprint density at radius 3 is 2.84 bits per heavy atom. The van der Waals surface area contributed by atoms with Crippen molar-refractivity contribution in [2.75, 3.05) is 26.7 Å². The number of nitrogens with one attached hydrogen (secondary N) is 1. The van der Waals surface area contributed by atoms with Crippen LogP contribution in [0.2, 0.25) is 0 Å². The Labute approximate surface area is 116 Å². The third-order valence-electron chi connectivity index (χ3n) is 3.56. The van der Waals surface area contributed by atoms with E-state index in [0.29, 0.717) is 19.5 Å². The van der Waals surface area contributed by atoms with E-state index in [0.717, 1.165) is 19.4 Å². The molecule has 0 aromatic heterocycles. The van der Waals surface area contributed by atoms with Gasteiger partial charge >= 0.3 is 6.03 Å². The van der Waals surface area contributed by atoms with Gasteiger partial charge in [-0.2, -0.15) is 0 Å². The summed E-state index contributed by atoms with van der Waals surface area (Å²) in [5, 5.41) is 12.4. The maximum Gasteiger partial charge on any atom is 0.317 e. The summed E-state index contributed by atoms with van der Waals surface area (Å²) < 4.78 is 5.31. The quantitative estimate of drug-likeness (QED) is 0.799. The second-order valence-corrected chi connectivity index (χ2v) is 6.32. The average Bonchev–Trinajstić information content (AvgIpc) is 2.34. The lowest BCUT2D eigenvalue weighted by molar-refractivity contribution is 0.0427. The summed E-state index contributed by atoms with van der Waals surface area (Å²) in [6.07, 6.45) is 2.50. The van der Waals surface area contributed by atoms with Crippen LogP contribution in [0, 0.1) is 5.41 Å². The number of carbonyl (C=O) groups excluding carboxylic acids is 1. The molecule has 0 bridgehead atoms. The van der Waals surface area contributed by atoms with Crippen LogP contribution in [-0.4, -0.2) is 55.0 Å². The molecule has 1 aliphatic heterocycles. The van der Waals surface area contributed by atoms with Crippen LogP contribution in [0.4, 0.5) is 4.79 Å². The number of aliphatic hydroxyl groups excluding tert-OH is 1. The van der Waals surface area contributed by atoms with Gasteiger partial charge in [-0.15, -0.1) is 0 Å². The zero-order chi connectivity index (χ0) is 14.5. The van der Waals surface area contributed by atoms with Crippen molar-refractivity contribution < 1.29 is 14.6 Å². The van der Waals surface area contributed by atoms with Gasteiger partial charge in [0.15, 0.2) is 0 Å². The van der Waals surface area contributed by atoms with Gasteiger partial charge in [0, 0.05) is 26.7 Å². The number of urea groups is 1. The number of rotatable bonds is 5. The van der Waals surface area contributed by atoms with Crippen LogP contribution in [0.15, 0.2) is 0 Å². The highest BCUT2D eigenvalue weighted by atomic mass is 16.5. The van der Waals surface area contributed by atoms with E-state index < -0.39 is 0 Å². The topological polar surface area (TPSA) is 61.8 Å². The number of hydrogen-bond acceptors (Lipinski definition) is 3. The first kappa shape index (κ1) is 16.2. The minimum absolute atomic E-state index is 0.0274. The molecule has 2 N–H and O–H groups in total. The largest absolute Gasteiger partial charge is 0.393 e. The molecular weight excluding hydrogens is 244 g/mol. The number of aliphatic hydroxyl groups is 1. The summed E-state index contributed by atoms with van der Waals surface area (Å²) >= 11 is 0. The van der Waals surface area contributed by atoms with Gasteiger partial charge in [-0.1, -0.05) is 13.8 Å².